The fourth-order valence-electron chi connectivity index (χ4n) is 2.95. The first-order valence-electron chi connectivity index (χ1n) is 8.05. The van der Waals surface area contributed by atoms with E-state index < -0.39 is 5.56 Å². The highest BCUT2D eigenvalue weighted by Crippen LogP contribution is 2.19. The maximum Gasteiger partial charge on any atom is 0.269 e. The second-order valence-corrected chi connectivity index (χ2v) is 6.20. The summed E-state index contributed by atoms with van der Waals surface area (Å²) < 4.78 is 12.6. The molecule has 6 heteroatoms. The molecule has 0 saturated heterocycles. The Labute approximate surface area is 142 Å². The Morgan fingerprint density at radius 1 is 1.12 bits per heavy atom. The topological polar surface area (TPSA) is 78.2 Å². The number of nitrogens with zero attached hydrogens (tertiary/aromatic N) is 2. The van der Waals surface area contributed by atoms with Crippen LogP contribution in [0.25, 0.3) is 22.1 Å². The third-order valence-electron chi connectivity index (χ3n) is 4.14. The first kappa shape index (κ1) is 15.4. The number of para-hydroxylation sites is 1. The van der Waals surface area contributed by atoms with Crippen LogP contribution in [0.5, 0.6) is 0 Å². The van der Waals surface area contributed by atoms with Gasteiger partial charge in [-0.3, -0.25) is 14.2 Å². The summed E-state index contributed by atoms with van der Waals surface area (Å²) in [6.45, 7) is 4.09. The fourth-order valence-corrected chi connectivity index (χ4v) is 2.95. The van der Waals surface area contributed by atoms with E-state index >= 15 is 0 Å². The summed E-state index contributed by atoms with van der Waals surface area (Å²) in [6.07, 6.45) is 1.55. The lowest BCUT2D eigenvalue weighted by Crippen LogP contribution is -2.29. The van der Waals surface area contributed by atoms with Crippen molar-refractivity contribution >= 4 is 22.1 Å². The Hall–Kier alpha value is -3.15. The lowest BCUT2D eigenvalue weighted by atomic mass is 10.1. The van der Waals surface area contributed by atoms with Gasteiger partial charge in [0.15, 0.2) is 5.39 Å². The van der Waals surface area contributed by atoms with Gasteiger partial charge in [-0.15, -0.1) is 0 Å². The van der Waals surface area contributed by atoms with Crippen molar-refractivity contribution in [1.29, 1.82) is 0 Å². The summed E-state index contributed by atoms with van der Waals surface area (Å²) in [5.41, 5.74) is -0.277. The van der Waals surface area contributed by atoms with Crippen molar-refractivity contribution in [3.8, 4) is 0 Å². The zero-order valence-electron chi connectivity index (χ0n) is 13.9. The van der Waals surface area contributed by atoms with Gasteiger partial charge in [0.05, 0.1) is 18.2 Å². The van der Waals surface area contributed by atoms with E-state index in [2.05, 4.69) is 4.98 Å². The molecule has 0 aliphatic rings. The monoisotopic (exact) mass is 336 g/mol. The predicted molar refractivity (Wildman–Crippen MR) is 93.9 cm³/mol. The summed E-state index contributed by atoms with van der Waals surface area (Å²) in [4.78, 5) is 30.4. The molecule has 1 aromatic carbocycles. The standard InChI is InChI=1S/C19H16N2O4/c1-11(2)17-20-18-15(16(22)13-7-3-4-8-14(13)25-18)19(23)21(17)10-12-6-5-9-24-12/h3-9,11H,10H2,1-2H3. The third-order valence-corrected chi connectivity index (χ3v) is 4.14. The molecule has 0 aliphatic carbocycles. The van der Waals surface area contributed by atoms with Gasteiger partial charge < -0.3 is 8.83 Å². The van der Waals surface area contributed by atoms with Crippen LogP contribution in [0.4, 0.5) is 0 Å². The van der Waals surface area contributed by atoms with Crippen molar-refractivity contribution < 1.29 is 8.83 Å². The summed E-state index contributed by atoms with van der Waals surface area (Å²) in [5.74, 6) is 1.14. The molecule has 3 heterocycles. The number of rotatable bonds is 3. The van der Waals surface area contributed by atoms with Crippen LogP contribution in [0.3, 0.4) is 0 Å². The number of benzene rings is 1. The number of furan rings is 1. The quantitative estimate of drug-likeness (QED) is 0.537. The molecule has 0 saturated carbocycles. The molecule has 0 amide bonds. The zero-order chi connectivity index (χ0) is 17.6. The van der Waals surface area contributed by atoms with E-state index in [1.165, 1.54) is 4.57 Å². The van der Waals surface area contributed by atoms with Crippen molar-refractivity contribution in [2.45, 2.75) is 26.3 Å². The second-order valence-electron chi connectivity index (χ2n) is 6.20. The molecule has 0 bridgehead atoms. The first-order valence-corrected chi connectivity index (χ1v) is 8.05. The summed E-state index contributed by atoms with van der Waals surface area (Å²) >= 11 is 0. The van der Waals surface area contributed by atoms with E-state index in [4.69, 9.17) is 8.83 Å². The average molecular weight is 336 g/mol. The molecule has 0 atom stereocenters. The van der Waals surface area contributed by atoms with Crippen LogP contribution in [0.15, 0.2) is 61.1 Å². The van der Waals surface area contributed by atoms with Crippen LogP contribution in [0.2, 0.25) is 0 Å². The van der Waals surface area contributed by atoms with Gasteiger partial charge in [0, 0.05) is 5.92 Å². The smallest absolute Gasteiger partial charge is 0.269 e. The molecule has 3 aromatic heterocycles. The molecule has 126 valence electrons. The average Bonchev–Trinajstić information content (AvgIpc) is 3.10. The Kier molecular flexibility index (Phi) is 3.53. The summed E-state index contributed by atoms with van der Waals surface area (Å²) in [6, 6.07) is 10.4. The maximum absolute atomic E-state index is 13.1. The molecule has 0 unspecified atom stereocenters. The van der Waals surface area contributed by atoms with Crippen LogP contribution < -0.4 is 11.0 Å². The first-order chi connectivity index (χ1) is 12.1. The minimum Gasteiger partial charge on any atom is -0.467 e. The third kappa shape index (κ3) is 2.46. The Balaban J connectivity index is 2.10. The highest BCUT2D eigenvalue weighted by atomic mass is 16.3. The van der Waals surface area contributed by atoms with Gasteiger partial charge in [-0.1, -0.05) is 26.0 Å². The van der Waals surface area contributed by atoms with Gasteiger partial charge in [0.2, 0.25) is 11.1 Å². The van der Waals surface area contributed by atoms with Crippen LogP contribution in [-0.4, -0.2) is 9.55 Å². The summed E-state index contributed by atoms with van der Waals surface area (Å²) in [5, 5.41) is 0.338. The van der Waals surface area contributed by atoms with Gasteiger partial charge in [-0.25, -0.2) is 0 Å². The van der Waals surface area contributed by atoms with Crippen molar-refractivity contribution in [3.63, 3.8) is 0 Å². The van der Waals surface area contributed by atoms with Gasteiger partial charge in [0.25, 0.3) is 5.56 Å². The molecule has 0 spiro atoms. The van der Waals surface area contributed by atoms with E-state index in [1.54, 1.807) is 42.7 Å². The normalized spacial score (nSPS) is 11.6. The molecular weight excluding hydrogens is 320 g/mol. The lowest BCUT2D eigenvalue weighted by Gasteiger charge is -2.14. The van der Waals surface area contributed by atoms with Crippen LogP contribution >= 0.6 is 0 Å². The van der Waals surface area contributed by atoms with E-state index in [1.807, 2.05) is 13.8 Å². The van der Waals surface area contributed by atoms with Crippen molar-refractivity contribution in [2.24, 2.45) is 0 Å². The van der Waals surface area contributed by atoms with Gasteiger partial charge in [-0.05, 0) is 24.3 Å². The van der Waals surface area contributed by atoms with E-state index in [0.717, 1.165) is 0 Å². The van der Waals surface area contributed by atoms with E-state index in [9.17, 15) is 9.59 Å². The van der Waals surface area contributed by atoms with Crippen LogP contribution in [-0.2, 0) is 6.54 Å². The van der Waals surface area contributed by atoms with Crippen molar-refractivity contribution in [2.75, 3.05) is 0 Å². The Morgan fingerprint density at radius 3 is 2.64 bits per heavy atom. The van der Waals surface area contributed by atoms with Crippen LogP contribution in [0.1, 0.15) is 31.4 Å². The molecule has 4 aromatic rings. The van der Waals surface area contributed by atoms with Crippen molar-refractivity contribution in [3.05, 3.63) is 74.8 Å². The molecule has 6 nitrogen and oxygen atoms in total. The molecule has 25 heavy (non-hydrogen) atoms. The van der Waals surface area contributed by atoms with Crippen molar-refractivity contribution in [1.82, 2.24) is 9.55 Å². The molecule has 4 rings (SSSR count). The van der Waals surface area contributed by atoms with E-state index in [-0.39, 0.29) is 29.0 Å². The molecular formula is C19H16N2O4. The maximum atomic E-state index is 13.1. The number of hydrogen-bond donors (Lipinski definition) is 0. The summed E-state index contributed by atoms with van der Waals surface area (Å²) in [7, 11) is 0. The Bertz CT molecular complexity index is 1180. The second kappa shape index (κ2) is 5.73. The predicted octanol–water partition coefficient (Wildman–Crippen LogP) is 3.27. The minimum absolute atomic E-state index is 0.0242. The highest BCUT2D eigenvalue weighted by Gasteiger charge is 2.19. The van der Waals surface area contributed by atoms with Crippen LogP contribution in [0, 0.1) is 0 Å². The number of hydrogen-bond acceptors (Lipinski definition) is 5. The van der Waals surface area contributed by atoms with Gasteiger partial charge in [-0.2, -0.15) is 4.98 Å². The molecule has 0 aliphatic heterocycles. The fraction of sp³-hybridized carbons (Fsp3) is 0.211. The molecule has 0 radical (unpaired) electrons. The number of fused-ring (bicyclic) bond motifs is 2. The SMILES string of the molecule is CC(C)c1nc2oc3ccccc3c(=O)c2c(=O)n1Cc1ccco1. The van der Waals surface area contributed by atoms with Gasteiger partial charge in [0.1, 0.15) is 17.2 Å². The largest absolute Gasteiger partial charge is 0.467 e. The minimum atomic E-state index is -0.412. The zero-order valence-corrected chi connectivity index (χ0v) is 13.9. The molecule has 0 fully saturated rings. The van der Waals surface area contributed by atoms with E-state index in [0.29, 0.717) is 22.6 Å². The molecule has 0 N–H and O–H groups in total. The highest BCUT2D eigenvalue weighted by molar-refractivity contribution is 5.87. The number of aromatic nitrogens is 2. The Morgan fingerprint density at radius 2 is 1.92 bits per heavy atom. The van der Waals surface area contributed by atoms with Gasteiger partial charge >= 0.3 is 0 Å². The lowest BCUT2D eigenvalue weighted by molar-refractivity contribution is 0.477.